The molecular weight excluding hydrogens is 196 g/mol. The Hall–Kier alpha value is -2.11. The molecule has 0 fully saturated rings. The topological polar surface area (TPSA) is 93.5 Å². The molecule has 0 amide bonds. The van der Waals surface area contributed by atoms with Crippen molar-refractivity contribution in [1.82, 2.24) is 14.6 Å². The number of aliphatic carboxylic acids is 1. The van der Waals surface area contributed by atoms with Crippen LogP contribution in [0.1, 0.15) is 11.3 Å². The molecule has 0 spiro atoms. The van der Waals surface area contributed by atoms with Crippen molar-refractivity contribution in [2.24, 2.45) is 0 Å². The number of anilines is 1. The maximum Gasteiger partial charge on any atom is 0.308 e. The van der Waals surface area contributed by atoms with Crippen LogP contribution in [0.15, 0.2) is 12.3 Å². The summed E-state index contributed by atoms with van der Waals surface area (Å²) in [6.07, 6.45) is 1.45. The van der Waals surface area contributed by atoms with Crippen LogP contribution in [0.3, 0.4) is 0 Å². The van der Waals surface area contributed by atoms with Gasteiger partial charge in [0.15, 0.2) is 5.65 Å². The first kappa shape index (κ1) is 9.45. The molecule has 6 heteroatoms. The minimum atomic E-state index is -0.938. The highest BCUT2D eigenvalue weighted by atomic mass is 16.4. The standard InChI is InChI=1S/C9H10N4O2/c1-5-2-7-11-9(10)6(3-8(14)15)4-13(7)12-5/h2,4H,3H2,1H3,(H2,10,11)(H,14,15). The van der Waals surface area contributed by atoms with E-state index >= 15 is 0 Å². The second-order valence-electron chi connectivity index (χ2n) is 3.31. The van der Waals surface area contributed by atoms with Crippen LogP contribution in [0.4, 0.5) is 5.82 Å². The average Bonchev–Trinajstić information content (AvgIpc) is 2.44. The molecule has 0 atom stereocenters. The summed E-state index contributed by atoms with van der Waals surface area (Å²) in [6, 6.07) is 1.78. The Bertz CT molecular complexity index is 532. The van der Waals surface area contributed by atoms with E-state index in [1.807, 2.05) is 6.92 Å². The van der Waals surface area contributed by atoms with Crippen molar-refractivity contribution < 1.29 is 9.90 Å². The van der Waals surface area contributed by atoms with Crippen molar-refractivity contribution in [3.8, 4) is 0 Å². The van der Waals surface area contributed by atoms with Crippen molar-refractivity contribution in [3.63, 3.8) is 0 Å². The molecule has 0 aliphatic carbocycles. The summed E-state index contributed by atoms with van der Waals surface area (Å²) in [6.45, 7) is 1.84. The fraction of sp³-hybridized carbons (Fsp3) is 0.222. The summed E-state index contributed by atoms with van der Waals surface area (Å²) in [5.74, 6) is -0.698. The molecule has 0 aromatic carbocycles. The first-order valence-electron chi connectivity index (χ1n) is 4.39. The summed E-state index contributed by atoms with van der Waals surface area (Å²) in [5.41, 5.74) is 7.54. The molecule has 6 nitrogen and oxygen atoms in total. The van der Waals surface area contributed by atoms with E-state index in [0.29, 0.717) is 11.2 Å². The molecule has 2 aromatic heterocycles. The zero-order valence-electron chi connectivity index (χ0n) is 8.14. The fourth-order valence-corrected chi connectivity index (χ4v) is 1.39. The summed E-state index contributed by atoms with van der Waals surface area (Å²) >= 11 is 0. The highest BCUT2D eigenvalue weighted by Gasteiger charge is 2.09. The number of carboxylic acid groups (broad SMARTS) is 1. The molecule has 78 valence electrons. The third-order valence-electron chi connectivity index (χ3n) is 2.02. The largest absolute Gasteiger partial charge is 0.481 e. The number of aromatic nitrogens is 3. The quantitative estimate of drug-likeness (QED) is 0.734. The van der Waals surface area contributed by atoms with Crippen LogP contribution in [0.25, 0.3) is 5.65 Å². The molecule has 0 bridgehead atoms. The van der Waals surface area contributed by atoms with Crippen molar-refractivity contribution in [1.29, 1.82) is 0 Å². The second kappa shape index (κ2) is 3.23. The summed E-state index contributed by atoms with van der Waals surface area (Å²) in [5, 5.41) is 12.8. The Balaban J connectivity index is 2.55. The minimum absolute atomic E-state index is 0.145. The van der Waals surface area contributed by atoms with Gasteiger partial charge < -0.3 is 10.8 Å². The molecule has 0 aliphatic heterocycles. The van der Waals surface area contributed by atoms with Gasteiger partial charge in [-0.05, 0) is 6.92 Å². The second-order valence-corrected chi connectivity index (χ2v) is 3.31. The minimum Gasteiger partial charge on any atom is -0.481 e. The molecule has 0 saturated heterocycles. The summed E-state index contributed by atoms with van der Waals surface area (Å²) < 4.78 is 1.53. The van der Waals surface area contributed by atoms with E-state index in [1.54, 1.807) is 12.3 Å². The van der Waals surface area contributed by atoms with Crippen molar-refractivity contribution >= 4 is 17.4 Å². The Labute approximate surface area is 85.3 Å². The molecule has 0 aliphatic rings. The van der Waals surface area contributed by atoms with Gasteiger partial charge >= 0.3 is 5.97 Å². The van der Waals surface area contributed by atoms with Gasteiger partial charge in [-0.15, -0.1) is 0 Å². The van der Waals surface area contributed by atoms with E-state index in [4.69, 9.17) is 10.8 Å². The van der Waals surface area contributed by atoms with Gasteiger partial charge in [-0.2, -0.15) is 5.10 Å². The molecule has 2 aromatic rings. The molecule has 0 saturated carbocycles. The van der Waals surface area contributed by atoms with Gasteiger partial charge in [-0.3, -0.25) is 4.79 Å². The lowest BCUT2D eigenvalue weighted by Crippen LogP contribution is -2.07. The van der Waals surface area contributed by atoms with Crippen LogP contribution >= 0.6 is 0 Å². The molecule has 2 rings (SSSR count). The van der Waals surface area contributed by atoms with Crippen LogP contribution < -0.4 is 5.73 Å². The zero-order chi connectivity index (χ0) is 11.0. The number of nitrogens with two attached hydrogens (primary N) is 1. The lowest BCUT2D eigenvalue weighted by atomic mass is 10.2. The molecule has 15 heavy (non-hydrogen) atoms. The van der Waals surface area contributed by atoms with E-state index in [-0.39, 0.29) is 12.2 Å². The van der Waals surface area contributed by atoms with Gasteiger partial charge in [0.25, 0.3) is 0 Å². The van der Waals surface area contributed by atoms with E-state index in [2.05, 4.69) is 10.1 Å². The third kappa shape index (κ3) is 1.74. The SMILES string of the molecule is Cc1cc2nc(N)c(CC(=O)O)cn2n1. The predicted octanol–water partition coefficient (Wildman–Crippen LogP) is 0.247. The monoisotopic (exact) mass is 206 g/mol. The molecule has 0 unspecified atom stereocenters. The van der Waals surface area contributed by atoms with E-state index in [9.17, 15) is 4.79 Å². The van der Waals surface area contributed by atoms with Gasteiger partial charge in [0.1, 0.15) is 5.82 Å². The predicted molar refractivity (Wildman–Crippen MR) is 53.5 cm³/mol. The first-order chi connectivity index (χ1) is 7.06. The van der Waals surface area contributed by atoms with Crippen LogP contribution in [-0.2, 0) is 11.2 Å². The Morgan fingerprint density at radius 2 is 2.40 bits per heavy atom. The van der Waals surface area contributed by atoms with Crippen molar-refractivity contribution in [2.75, 3.05) is 5.73 Å². The van der Waals surface area contributed by atoms with E-state index in [0.717, 1.165) is 5.69 Å². The Morgan fingerprint density at radius 3 is 3.07 bits per heavy atom. The third-order valence-corrected chi connectivity index (χ3v) is 2.02. The highest BCUT2D eigenvalue weighted by molar-refractivity contribution is 5.72. The molecule has 3 N–H and O–H groups in total. The first-order valence-corrected chi connectivity index (χ1v) is 4.39. The summed E-state index contributed by atoms with van der Waals surface area (Å²) in [4.78, 5) is 14.6. The number of nitrogens with zero attached hydrogens (tertiary/aromatic N) is 3. The highest BCUT2D eigenvalue weighted by Crippen LogP contribution is 2.12. The van der Waals surface area contributed by atoms with Crippen molar-refractivity contribution in [2.45, 2.75) is 13.3 Å². The lowest BCUT2D eigenvalue weighted by molar-refractivity contribution is -0.136. The number of fused-ring (bicyclic) bond motifs is 1. The van der Waals surface area contributed by atoms with Crippen LogP contribution in [0.2, 0.25) is 0 Å². The molecule has 0 radical (unpaired) electrons. The van der Waals surface area contributed by atoms with Crippen LogP contribution in [0, 0.1) is 6.92 Å². The maximum absolute atomic E-state index is 10.5. The Morgan fingerprint density at radius 1 is 1.67 bits per heavy atom. The van der Waals surface area contributed by atoms with Crippen LogP contribution in [0.5, 0.6) is 0 Å². The number of aryl methyl sites for hydroxylation is 1. The number of nitrogen functional groups attached to an aromatic ring is 1. The number of hydrogen-bond donors (Lipinski definition) is 2. The molecule has 2 heterocycles. The maximum atomic E-state index is 10.5. The number of carboxylic acids is 1. The summed E-state index contributed by atoms with van der Waals surface area (Å²) in [7, 11) is 0. The average molecular weight is 206 g/mol. The number of carbonyl (C=O) groups is 1. The van der Waals surface area contributed by atoms with E-state index < -0.39 is 5.97 Å². The van der Waals surface area contributed by atoms with Crippen molar-refractivity contribution in [3.05, 3.63) is 23.5 Å². The fourth-order valence-electron chi connectivity index (χ4n) is 1.39. The van der Waals surface area contributed by atoms with Gasteiger partial charge in [0, 0.05) is 17.8 Å². The Kier molecular flexibility index (Phi) is 2.03. The van der Waals surface area contributed by atoms with Gasteiger partial charge in [0.05, 0.1) is 12.1 Å². The molecular formula is C9H10N4O2. The lowest BCUT2D eigenvalue weighted by Gasteiger charge is -2.02. The number of hydrogen-bond acceptors (Lipinski definition) is 4. The van der Waals surface area contributed by atoms with Crippen LogP contribution in [-0.4, -0.2) is 25.7 Å². The van der Waals surface area contributed by atoms with Gasteiger partial charge in [-0.1, -0.05) is 0 Å². The van der Waals surface area contributed by atoms with Gasteiger partial charge in [0.2, 0.25) is 0 Å². The smallest absolute Gasteiger partial charge is 0.308 e. The number of rotatable bonds is 2. The normalized spacial score (nSPS) is 10.7. The zero-order valence-corrected chi connectivity index (χ0v) is 8.14. The van der Waals surface area contributed by atoms with E-state index in [1.165, 1.54) is 4.52 Å². The van der Waals surface area contributed by atoms with Gasteiger partial charge in [-0.25, -0.2) is 9.50 Å².